The Balaban J connectivity index is 1.52. The van der Waals surface area contributed by atoms with Gasteiger partial charge < -0.3 is 9.84 Å². The summed E-state index contributed by atoms with van der Waals surface area (Å²) in [5.41, 5.74) is 2.55. The van der Waals surface area contributed by atoms with E-state index in [4.69, 9.17) is 4.74 Å². The summed E-state index contributed by atoms with van der Waals surface area (Å²) in [4.78, 5) is 41.9. The fourth-order valence-corrected chi connectivity index (χ4v) is 6.53. The Hall–Kier alpha value is -4.64. The average Bonchev–Trinajstić information content (AvgIpc) is 3.36. The van der Waals surface area contributed by atoms with Gasteiger partial charge in [0, 0.05) is 5.41 Å². The molecule has 2 atom stereocenters. The number of nitriles is 1. The van der Waals surface area contributed by atoms with E-state index >= 15 is 0 Å². The first-order valence-electron chi connectivity index (χ1n) is 12.5. The van der Waals surface area contributed by atoms with Crippen LogP contribution in [0.15, 0.2) is 66.7 Å². The number of ether oxygens (including phenoxy) is 1. The topological polar surface area (TPSA) is 111 Å². The van der Waals surface area contributed by atoms with Gasteiger partial charge in [-0.3, -0.25) is 14.6 Å². The highest BCUT2D eigenvalue weighted by Gasteiger charge is 2.77. The molecule has 8 nitrogen and oxygen atoms in total. The summed E-state index contributed by atoms with van der Waals surface area (Å²) in [6.07, 6.45) is 0.0461. The Bertz CT molecular complexity index is 1560. The zero-order valence-electron chi connectivity index (χ0n) is 21.0. The number of carboxylic acid groups (broad SMARTS) is 1. The zero-order chi connectivity index (χ0) is 26.8. The van der Waals surface area contributed by atoms with Gasteiger partial charge in [-0.1, -0.05) is 44.2 Å². The van der Waals surface area contributed by atoms with E-state index in [-0.39, 0.29) is 24.0 Å². The summed E-state index contributed by atoms with van der Waals surface area (Å²) < 4.78 is 5.06. The lowest BCUT2D eigenvalue weighted by Gasteiger charge is -2.27. The highest BCUT2D eigenvalue weighted by Crippen LogP contribution is 2.73. The van der Waals surface area contributed by atoms with Crippen molar-refractivity contribution >= 4 is 35.0 Å². The van der Waals surface area contributed by atoms with Crippen molar-refractivity contribution in [3.05, 3.63) is 89.0 Å². The molecular formula is C30H25N3O5. The van der Waals surface area contributed by atoms with Crippen molar-refractivity contribution in [2.45, 2.75) is 31.1 Å². The Morgan fingerprint density at radius 2 is 1.76 bits per heavy atom. The van der Waals surface area contributed by atoms with Gasteiger partial charge in [0.05, 0.1) is 46.2 Å². The van der Waals surface area contributed by atoms with E-state index in [9.17, 15) is 24.8 Å². The van der Waals surface area contributed by atoms with Crippen LogP contribution >= 0.6 is 0 Å². The molecular weight excluding hydrogens is 482 g/mol. The van der Waals surface area contributed by atoms with Crippen LogP contribution in [-0.2, 0) is 20.4 Å². The van der Waals surface area contributed by atoms with Crippen LogP contribution in [0.2, 0.25) is 0 Å². The van der Waals surface area contributed by atoms with Gasteiger partial charge in [0.25, 0.3) is 0 Å². The number of carbonyl (C=O) groups excluding carboxylic acids is 2. The number of nitrogens with zero attached hydrogens (tertiary/aromatic N) is 3. The van der Waals surface area contributed by atoms with Crippen LogP contribution < -0.4 is 9.80 Å². The maximum atomic E-state index is 14.6. The third kappa shape index (κ3) is 3.05. The van der Waals surface area contributed by atoms with Crippen LogP contribution in [0.5, 0.6) is 0 Å². The van der Waals surface area contributed by atoms with E-state index < -0.39 is 22.9 Å². The lowest BCUT2D eigenvalue weighted by Crippen LogP contribution is -2.36. The van der Waals surface area contributed by atoms with E-state index in [1.807, 2.05) is 36.4 Å². The number of carboxylic acids is 1. The Kier molecular flexibility index (Phi) is 5.11. The van der Waals surface area contributed by atoms with Gasteiger partial charge in [0.15, 0.2) is 0 Å². The van der Waals surface area contributed by atoms with E-state index in [1.165, 1.54) is 17.0 Å². The van der Waals surface area contributed by atoms with Crippen molar-refractivity contribution in [1.29, 1.82) is 5.26 Å². The maximum Gasteiger partial charge on any atom is 0.414 e. The van der Waals surface area contributed by atoms with E-state index in [2.05, 4.69) is 19.9 Å². The molecule has 1 aliphatic carbocycles. The number of benzene rings is 3. The van der Waals surface area contributed by atoms with Crippen molar-refractivity contribution in [1.82, 2.24) is 0 Å². The number of carbonyl (C=O) groups is 3. The van der Waals surface area contributed by atoms with Crippen molar-refractivity contribution in [3.8, 4) is 6.07 Å². The third-order valence-electron chi connectivity index (χ3n) is 8.35. The highest BCUT2D eigenvalue weighted by atomic mass is 16.6. The molecule has 190 valence electrons. The molecule has 2 heterocycles. The molecule has 2 unspecified atom stereocenters. The summed E-state index contributed by atoms with van der Waals surface area (Å²) >= 11 is 0. The first-order chi connectivity index (χ1) is 18.2. The van der Waals surface area contributed by atoms with Gasteiger partial charge >= 0.3 is 12.1 Å². The van der Waals surface area contributed by atoms with E-state index in [0.717, 1.165) is 11.1 Å². The number of cyclic esters (lactones) is 1. The minimum absolute atomic E-state index is 0.0264. The number of anilines is 3. The number of hydrogen-bond acceptors (Lipinski definition) is 5. The molecule has 0 aromatic heterocycles. The average molecular weight is 508 g/mol. The summed E-state index contributed by atoms with van der Waals surface area (Å²) in [6, 6.07) is 21.8. The van der Waals surface area contributed by atoms with Crippen molar-refractivity contribution in [2.24, 2.45) is 5.92 Å². The summed E-state index contributed by atoms with van der Waals surface area (Å²) in [5, 5.41) is 19.1. The number of hydrogen-bond donors (Lipinski definition) is 1. The number of amides is 2. The highest BCUT2D eigenvalue weighted by molar-refractivity contribution is 6.17. The van der Waals surface area contributed by atoms with Gasteiger partial charge in [-0.25, -0.2) is 9.59 Å². The van der Waals surface area contributed by atoms with Gasteiger partial charge in [-0.15, -0.1) is 0 Å². The Morgan fingerprint density at radius 1 is 1.05 bits per heavy atom. The summed E-state index contributed by atoms with van der Waals surface area (Å²) in [5.74, 6) is -1.18. The van der Waals surface area contributed by atoms with Gasteiger partial charge in [0.1, 0.15) is 6.61 Å². The number of rotatable bonds is 5. The summed E-state index contributed by atoms with van der Waals surface area (Å²) in [6.45, 7) is 4.72. The lowest BCUT2D eigenvalue weighted by atomic mass is 9.75. The van der Waals surface area contributed by atoms with E-state index in [0.29, 0.717) is 35.6 Å². The molecule has 6 rings (SSSR count). The molecule has 0 radical (unpaired) electrons. The lowest BCUT2D eigenvalue weighted by molar-refractivity contribution is -0.120. The first-order valence-corrected chi connectivity index (χ1v) is 12.5. The molecule has 1 saturated carbocycles. The standard InChI is InChI=1S/C30H25N3O5/c1-18(2)29(21-9-7-19(16-31)8-10-21)17-30(29)24-5-3-4-6-25(24)33(27(30)36)23-14-20(26(34)35)13-22(15-23)32-11-12-38-28(32)37/h3-10,13-15,18H,11-12,17H2,1-2H3,(H,34,35). The molecule has 3 aromatic carbocycles. The molecule has 1 N–H and O–H groups in total. The van der Waals surface area contributed by atoms with Crippen LogP contribution in [0.3, 0.4) is 0 Å². The van der Waals surface area contributed by atoms with Crippen LogP contribution in [-0.4, -0.2) is 36.2 Å². The molecule has 2 amide bonds. The predicted octanol–water partition coefficient (Wildman–Crippen LogP) is 5.13. The second kappa shape index (κ2) is 8.18. The molecule has 38 heavy (non-hydrogen) atoms. The monoisotopic (exact) mass is 507 g/mol. The van der Waals surface area contributed by atoms with Crippen molar-refractivity contribution < 1.29 is 24.2 Å². The molecule has 0 bridgehead atoms. The quantitative estimate of drug-likeness (QED) is 0.513. The molecule has 2 fully saturated rings. The minimum Gasteiger partial charge on any atom is -0.478 e. The molecule has 8 heteroatoms. The maximum absolute atomic E-state index is 14.6. The Morgan fingerprint density at radius 3 is 2.39 bits per heavy atom. The second-order valence-corrected chi connectivity index (χ2v) is 10.4. The summed E-state index contributed by atoms with van der Waals surface area (Å²) in [7, 11) is 0. The van der Waals surface area contributed by atoms with E-state index in [1.54, 1.807) is 23.1 Å². The Labute approximate surface area is 219 Å². The number of para-hydroxylation sites is 1. The van der Waals surface area contributed by atoms with Crippen molar-refractivity contribution in [3.63, 3.8) is 0 Å². The largest absolute Gasteiger partial charge is 0.478 e. The third-order valence-corrected chi connectivity index (χ3v) is 8.35. The van der Waals surface area contributed by atoms with Crippen LogP contribution in [0, 0.1) is 17.2 Å². The molecule has 1 spiro atoms. The predicted molar refractivity (Wildman–Crippen MR) is 140 cm³/mol. The fourth-order valence-electron chi connectivity index (χ4n) is 6.53. The van der Waals surface area contributed by atoms with Gasteiger partial charge in [-0.05, 0) is 59.9 Å². The smallest absolute Gasteiger partial charge is 0.414 e. The molecule has 2 aliphatic heterocycles. The van der Waals surface area contributed by atoms with Gasteiger partial charge in [0.2, 0.25) is 5.91 Å². The van der Waals surface area contributed by atoms with Crippen LogP contribution in [0.1, 0.15) is 47.3 Å². The SMILES string of the molecule is CC(C)C1(c2ccc(C#N)cc2)CC12C(=O)N(c1cc(C(=O)O)cc(N3CCOC3=O)c1)c1ccccc12. The van der Waals surface area contributed by atoms with Crippen LogP contribution in [0.4, 0.5) is 21.9 Å². The normalized spacial score (nSPS) is 23.5. The molecule has 1 saturated heterocycles. The second-order valence-electron chi connectivity index (χ2n) is 10.4. The van der Waals surface area contributed by atoms with Crippen LogP contribution in [0.25, 0.3) is 0 Å². The number of fused-ring (bicyclic) bond motifs is 2. The van der Waals surface area contributed by atoms with Gasteiger partial charge in [-0.2, -0.15) is 5.26 Å². The zero-order valence-corrected chi connectivity index (χ0v) is 21.0. The minimum atomic E-state index is -1.16. The molecule has 3 aliphatic rings. The number of aromatic carboxylic acids is 1. The first kappa shape index (κ1) is 23.7. The van der Waals surface area contributed by atoms with Crippen molar-refractivity contribution in [2.75, 3.05) is 23.0 Å². The molecule has 3 aromatic rings. The fraction of sp³-hybridized carbons (Fsp3) is 0.267.